The standard InChI is InChI=1S/C15H17F9O2/c1-6-7(2)9-3-8(6)4-10(9)11(25)26-5-12(16,17)13(18,19)14(20,21)15(22,23)24/h6-10H,3-5H2,1-2H3. The van der Waals surface area contributed by atoms with E-state index in [0.29, 0.717) is 6.42 Å². The number of fused-ring (bicyclic) bond motifs is 2. The van der Waals surface area contributed by atoms with Crippen molar-refractivity contribution in [3.8, 4) is 0 Å². The largest absolute Gasteiger partial charge is 0.460 e. The van der Waals surface area contributed by atoms with Crippen LogP contribution in [-0.4, -0.2) is 36.5 Å². The highest BCUT2D eigenvalue weighted by Crippen LogP contribution is 2.56. The molecule has 5 unspecified atom stereocenters. The maximum absolute atomic E-state index is 13.4. The molecule has 0 spiro atoms. The average Bonchev–Trinajstić information content (AvgIpc) is 3.04. The van der Waals surface area contributed by atoms with Gasteiger partial charge < -0.3 is 4.74 Å². The molecule has 0 saturated heterocycles. The van der Waals surface area contributed by atoms with E-state index in [2.05, 4.69) is 4.74 Å². The summed E-state index contributed by atoms with van der Waals surface area (Å²) in [4.78, 5) is 11.9. The van der Waals surface area contributed by atoms with Gasteiger partial charge in [0, 0.05) is 0 Å². The number of rotatable bonds is 5. The number of carbonyl (C=O) groups is 1. The number of hydrogen-bond donors (Lipinski definition) is 0. The van der Waals surface area contributed by atoms with E-state index in [9.17, 15) is 44.3 Å². The third-order valence-electron chi connectivity index (χ3n) is 5.80. The van der Waals surface area contributed by atoms with Crippen molar-refractivity contribution in [3.63, 3.8) is 0 Å². The van der Waals surface area contributed by atoms with E-state index in [1.165, 1.54) is 0 Å². The minimum Gasteiger partial charge on any atom is -0.459 e. The van der Waals surface area contributed by atoms with Gasteiger partial charge in [0.15, 0.2) is 6.61 Å². The molecule has 0 N–H and O–H groups in total. The second kappa shape index (κ2) is 6.19. The average molecular weight is 400 g/mol. The minimum atomic E-state index is -6.98. The number of alkyl halides is 9. The second-order valence-electron chi connectivity index (χ2n) is 7.18. The molecule has 0 aliphatic heterocycles. The third kappa shape index (κ3) is 3.04. The maximum Gasteiger partial charge on any atom is 0.460 e. The lowest BCUT2D eigenvalue weighted by Crippen LogP contribution is -2.62. The summed E-state index contributed by atoms with van der Waals surface area (Å²) in [5.74, 6) is -21.5. The molecular formula is C15H17F9O2. The number of ether oxygens (including phenoxy) is 1. The highest BCUT2D eigenvalue weighted by atomic mass is 19.4. The fourth-order valence-corrected chi connectivity index (χ4v) is 3.98. The molecule has 0 heterocycles. The van der Waals surface area contributed by atoms with Crippen molar-refractivity contribution in [2.45, 2.75) is 50.6 Å². The van der Waals surface area contributed by atoms with Gasteiger partial charge in [0.2, 0.25) is 0 Å². The molecule has 0 aromatic carbocycles. The number of esters is 1. The summed E-state index contributed by atoms with van der Waals surface area (Å²) in [5.41, 5.74) is 0. The van der Waals surface area contributed by atoms with Gasteiger partial charge in [-0.25, -0.2) is 0 Å². The van der Waals surface area contributed by atoms with Crippen LogP contribution in [0.5, 0.6) is 0 Å². The van der Waals surface area contributed by atoms with Crippen LogP contribution < -0.4 is 0 Å². The molecule has 11 heteroatoms. The van der Waals surface area contributed by atoms with Crippen molar-refractivity contribution in [2.24, 2.45) is 29.6 Å². The van der Waals surface area contributed by atoms with Crippen molar-refractivity contribution in [1.82, 2.24) is 0 Å². The molecule has 2 rings (SSSR count). The molecule has 2 bridgehead atoms. The zero-order valence-corrected chi connectivity index (χ0v) is 13.7. The lowest BCUT2D eigenvalue weighted by molar-refractivity contribution is -0.399. The SMILES string of the molecule is CC1C2CC(C(=O)OCC(F)(F)C(F)(F)C(F)(F)C(F)(F)F)C(C2)C1C. The summed E-state index contributed by atoms with van der Waals surface area (Å²) < 4.78 is 119. The normalized spacial score (nSPS) is 32.8. The summed E-state index contributed by atoms with van der Waals surface area (Å²) in [6.45, 7) is 1.23. The van der Waals surface area contributed by atoms with E-state index in [1.54, 1.807) is 0 Å². The van der Waals surface area contributed by atoms with Crippen LogP contribution >= 0.6 is 0 Å². The predicted molar refractivity (Wildman–Crippen MR) is 69.9 cm³/mol. The van der Waals surface area contributed by atoms with Crippen molar-refractivity contribution >= 4 is 5.97 Å². The van der Waals surface area contributed by atoms with Gasteiger partial charge in [0.1, 0.15) is 0 Å². The van der Waals surface area contributed by atoms with E-state index in [-0.39, 0.29) is 30.1 Å². The third-order valence-corrected chi connectivity index (χ3v) is 5.80. The number of hydrogen-bond acceptors (Lipinski definition) is 2. The van der Waals surface area contributed by atoms with Crippen LogP contribution in [0.4, 0.5) is 39.5 Å². The lowest BCUT2D eigenvalue weighted by atomic mass is 9.76. The molecule has 2 fully saturated rings. The number of halogens is 9. The quantitative estimate of drug-likeness (QED) is 0.484. The summed E-state index contributed by atoms with van der Waals surface area (Å²) in [7, 11) is 0. The van der Waals surface area contributed by atoms with E-state index >= 15 is 0 Å². The first kappa shape index (κ1) is 21.1. The molecule has 0 aromatic heterocycles. The Balaban J connectivity index is 2.05. The van der Waals surface area contributed by atoms with Crippen molar-refractivity contribution in [2.75, 3.05) is 6.61 Å². The van der Waals surface area contributed by atoms with Crippen molar-refractivity contribution in [3.05, 3.63) is 0 Å². The maximum atomic E-state index is 13.4. The molecule has 152 valence electrons. The van der Waals surface area contributed by atoms with Gasteiger partial charge in [0.05, 0.1) is 5.92 Å². The van der Waals surface area contributed by atoms with E-state index < -0.39 is 42.4 Å². The zero-order chi connectivity index (χ0) is 20.3. The summed E-state index contributed by atoms with van der Waals surface area (Å²) in [6.07, 6.45) is -5.98. The molecule has 2 aliphatic carbocycles. The molecule has 2 nitrogen and oxygen atoms in total. The topological polar surface area (TPSA) is 26.3 Å². The minimum absolute atomic E-state index is 0.0582. The van der Waals surface area contributed by atoms with Crippen LogP contribution in [0.15, 0.2) is 0 Å². The Labute approximate surface area is 143 Å². The molecule has 0 amide bonds. The Morgan fingerprint density at radius 1 is 0.885 bits per heavy atom. The van der Waals surface area contributed by atoms with Gasteiger partial charge in [-0.05, 0) is 36.5 Å². The van der Waals surface area contributed by atoms with Gasteiger partial charge in [0.25, 0.3) is 0 Å². The van der Waals surface area contributed by atoms with Gasteiger partial charge in [-0.3, -0.25) is 4.79 Å². The Bertz CT molecular complexity index is 556. The van der Waals surface area contributed by atoms with E-state index in [0.717, 1.165) is 0 Å². The van der Waals surface area contributed by atoms with Gasteiger partial charge >= 0.3 is 29.9 Å². The molecule has 0 aromatic rings. The van der Waals surface area contributed by atoms with Crippen LogP contribution in [0.2, 0.25) is 0 Å². The fourth-order valence-electron chi connectivity index (χ4n) is 3.98. The Morgan fingerprint density at radius 3 is 1.85 bits per heavy atom. The van der Waals surface area contributed by atoms with Crippen molar-refractivity contribution in [1.29, 1.82) is 0 Å². The summed E-state index contributed by atoms with van der Waals surface area (Å²) in [6, 6.07) is 0. The summed E-state index contributed by atoms with van der Waals surface area (Å²) in [5, 5.41) is 0. The first-order valence-corrected chi connectivity index (χ1v) is 7.91. The van der Waals surface area contributed by atoms with Gasteiger partial charge in [-0.2, -0.15) is 39.5 Å². The second-order valence-corrected chi connectivity index (χ2v) is 7.18. The molecule has 0 radical (unpaired) electrons. The Morgan fingerprint density at radius 2 is 1.42 bits per heavy atom. The van der Waals surface area contributed by atoms with Crippen LogP contribution in [0.1, 0.15) is 26.7 Å². The Kier molecular flexibility index (Phi) is 5.03. The van der Waals surface area contributed by atoms with Gasteiger partial charge in [-0.15, -0.1) is 0 Å². The molecule has 2 saturated carbocycles. The molecule has 2 aliphatic rings. The first-order chi connectivity index (χ1) is 11.5. The van der Waals surface area contributed by atoms with E-state index in [4.69, 9.17) is 0 Å². The Hall–Kier alpha value is -1.16. The van der Waals surface area contributed by atoms with Crippen LogP contribution in [-0.2, 0) is 9.53 Å². The lowest BCUT2D eigenvalue weighted by Gasteiger charge is -2.34. The van der Waals surface area contributed by atoms with Crippen LogP contribution in [0, 0.1) is 29.6 Å². The number of carbonyl (C=O) groups excluding carboxylic acids is 1. The van der Waals surface area contributed by atoms with Gasteiger partial charge in [-0.1, -0.05) is 13.8 Å². The van der Waals surface area contributed by atoms with E-state index in [1.807, 2.05) is 13.8 Å². The smallest absolute Gasteiger partial charge is 0.459 e. The highest BCUT2D eigenvalue weighted by Gasteiger charge is 2.82. The highest BCUT2D eigenvalue weighted by molar-refractivity contribution is 5.73. The molecule has 5 atom stereocenters. The molecule has 26 heavy (non-hydrogen) atoms. The monoisotopic (exact) mass is 400 g/mol. The van der Waals surface area contributed by atoms with Crippen LogP contribution in [0.3, 0.4) is 0 Å². The summed E-state index contributed by atoms with van der Waals surface area (Å²) >= 11 is 0. The predicted octanol–water partition coefficient (Wildman–Crippen LogP) is 4.93. The van der Waals surface area contributed by atoms with Crippen LogP contribution in [0.25, 0.3) is 0 Å². The fraction of sp³-hybridized carbons (Fsp3) is 0.933. The zero-order valence-electron chi connectivity index (χ0n) is 13.7. The first-order valence-electron chi connectivity index (χ1n) is 7.91. The van der Waals surface area contributed by atoms with Crippen molar-refractivity contribution < 1.29 is 49.0 Å². The molecular weight excluding hydrogens is 383 g/mol.